The van der Waals surface area contributed by atoms with E-state index in [2.05, 4.69) is 5.32 Å². The first kappa shape index (κ1) is 11.7. The molecule has 1 aliphatic rings. The molecule has 0 saturated carbocycles. The number of hydrogen-bond acceptors (Lipinski definition) is 3. The molecule has 0 saturated heterocycles. The lowest BCUT2D eigenvalue weighted by atomic mass is 10.1. The lowest BCUT2D eigenvalue weighted by Gasteiger charge is -2.10. The van der Waals surface area contributed by atoms with Crippen molar-refractivity contribution in [1.82, 2.24) is 5.32 Å². The second kappa shape index (κ2) is 5.01. The fraction of sp³-hybridized carbons (Fsp3) is 0.0769. The number of benzene rings is 1. The molecule has 1 aliphatic heterocycles. The van der Waals surface area contributed by atoms with Crippen molar-refractivity contribution in [3.63, 3.8) is 0 Å². The zero-order valence-corrected chi connectivity index (χ0v) is 10.3. The molecule has 1 heterocycles. The summed E-state index contributed by atoms with van der Waals surface area (Å²) in [6.45, 7) is 1.94. The van der Waals surface area contributed by atoms with E-state index in [0.29, 0.717) is 10.5 Å². The van der Waals surface area contributed by atoms with Gasteiger partial charge in [-0.05, 0) is 31.2 Å². The van der Waals surface area contributed by atoms with Crippen molar-refractivity contribution in [2.45, 2.75) is 11.8 Å². The molecule has 17 heavy (non-hydrogen) atoms. The smallest absolute Gasteiger partial charge is 0.168 e. The zero-order chi connectivity index (χ0) is 12.3. The van der Waals surface area contributed by atoms with Gasteiger partial charge in [0.05, 0.1) is 4.90 Å². The summed E-state index contributed by atoms with van der Waals surface area (Å²) >= 11 is 0. The van der Waals surface area contributed by atoms with Gasteiger partial charge >= 0.3 is 0 Å². The normalized spacial score (nSPS) is 14.4. The number of nitrogens with one attached hydrogen (secondary N) is 1. The highest BCUT2D eigenvalue weighted by molar-refractivity contribution is 7.72. The summed E-state index contributed by atoms with van der Waals surface area (Å²) in [4.78, 5) is 0.341. The van der Waals surface area contributed by atoms with Crippen LogP contribution in [-0.4, -0.2) is 8.42 Å². The van der Waals surface area contributed by atoms with Crippen LogP contribution in [0.2, 0.25) is 0 Å². The Hall–Kier alpha value is -1.81. The van der Waals surface area contributed by atoms with E-state index in [1.807, 2.05) is 37.3 Å². The number of hydrogen-bond donors (Lipinski definition) is 2. The average Bonchev–Trinajstić information content (AvgIpc) is 2.56. The molecule has 0 aliphatic carbocycles. The molecule has 0 fully saturated rings. The topological polar surface area (TPSA) is 46.2 Å². The third-order valence-electron chi connectivity index (χ3n) is 2.46. The molecule has 0 bridgehead atoms. The highest BCUT2D eigenvalue weighted by Gasteiger charge is 2.09. The van der Waals surface area contributed by atoms with Gasteiger partial charge in [-0.25, -0.2) is 8.42 Å². The molecule has 0 unspecified atom stereocenters. The molecule has 0 amide bonds. The van der Waals surface area contributed by atoms with Crippen molar-refractivity contribution < 1.29 is 8.42 Å². The van der Waals surface area contributed by atoms with E-state index in [4.69, 9.17) is 0 Å². The summed E-state index contributed by atoms with van der Waals surface area (Å²) in [5, 5.41) is 3.07. The minimum Gasteiger partial charge on any atom is -0.361 e. The van der Waals surface area contributed by atoms with Crippen LogP contribution in [0.25, 0.3) is 5.70 Å². The van der Waals surface area contributed by atoms with E-state index in [0.717, 1.165) is 11.3 Å². The Morgan fingerprint density at radius 1 is 1.12 bits per heavy atom. The molecule has 0 aromatic heterocycles. The molecule has 0 spiro atoms. The lowest BCUT2D eigenvalue weighted by Crippen LogP contribution is -2.05. The first-order valence-corrected chi connectivity index (χ1v) is 6.41. The van der Waals surface area contributed by atoms with Crippen LogP contribution in [-0.2, 0) is 10.7 Å². The molecule has 4 heteroatoms. The van der Waals surface area contributed by atoms with Crippen LogP contribution in [0, 0.1) is 6.92 Å². The fourth-order valence-corrected chi connectivity index (χ4v) is 2.23. The SMILES string of the molecule is Cc1ccc([SH](=O)=O)c(C2=CC=CC=CN2)c1. The molecular weight excluding hydrogens is 234 g/mol. The third kappa shape index (κ3) is 2.65. The monoisotopic (exact) mass is 247 g/mol. The van der Waals surface area contributed by atoms with Crippen LogP contribution in [0.1, 0.15) is 11.1 Å². The molecule has 1 N–H and O–H groups in total. The van der Waals surface area contributed by atoms with Crippen molar-refractivity contribution in [2.24, 2.45) is 0 Å². The predicted octanol–water partition coefficient (Wildman–Crippen LogP) is 1.98. The van der Waals surface area contributed by atoms with Gasteiger partial charge in [-0.1, -0.05) is 23.8 Å². The molecule has 0 radical (unpaired) electrons. The van der Waals surface area contributed by atoms with Gasteiger partial charge in [-0.3, -0.25) is 0 Å². The van der Waals surface area contributed by atoms with Gasteiger partial charge in [0.25, 0.3) is 0 Å². The van der Waals surface area contributed by atoms with E-state index in [1.165, 1.54) is 0 Å². The first-order valence-electron chi connectivity index (χ1n) is 5.24. The predicted molar refractivity (Wildman–Crippen MR) is 69.2 cm³/mol. The Kier molecular flexibility index (Phi) is 3.44. The van der Waals surface area contributed by atoms with Crippen LogP contribution < -0.4 is 5.32 Å². The van der Waals surface area contributed by atoms with E-state index in [9.17, 15) is 8.42 Å². The molecule has 3 nitrogen and oxygen atoms in total. The van der Waals surface area contributed by atoms with Crippen molar-refractivity contribution >= 4 is 16.4 Å². The maximum Gasteiger partial charge on any atom is 0.168 e. The van der Waals surface area contributed by atoms with Gasteiger partial charge in [0, 0.05) is 17.5 Å². The second-order valence-corrected chi connectivity index (χ2v) is 4.74. The Morgan fingerprint density at radius 2 is 1.94 bits per heavy atom. The Bertz CT molecular complexity index is 587. The highest BCUT2D eigenvalue weighted by atomic mass is 32.2. The van der Waals surface area contributed by atoms with Gasteiger partial charge in [0.2, 0.25) is 0 Å². The highest BCUT2D eigenvalue weighted by Crippen LogP contribution is 2.21. The Labute approximate surface area is 102 Å². The third-order valence-corrected chi connectivity index (χ3v) is 3.24. The van der Waals surface area contributed by atoms with E-state index in [1.54, 1.807) is 18.3 Å². The van der Waals surface area contributed by atoms with Crippen molar-refractivity contribution in [3.05, 3.63) is 59.8 Å². The van der Waals surface area contributed by atoms with Gasteiger partial charge in [0.15, 0.2) is 10.7 Å². The van der Waals surface area contributed by atoms with Crippen LogP contribution >= 0.6 is 0 Å². The second-order valence-electron chi connectivity index (χ2n) is 3.75. The molecule has 1 aromatic carbocycles. The first-order chi connectivity index (χ1) is 8.18. The van der Waals surface area contributed by atoms with Crippen molar-refractivity contribution in [1.29, 1.82) is 0 Å². The van der Waals surface area contributed by atoms with Crippen LogP contribution in [0.3, 0.4) is 0 Å². The molecule has 2 rings (SSSR count). The van der Waals surface area contributed by atoms with Gasteiger partial charge < -0.3 is 5.32 Å². The van der Waals surface area contributed by atoms with E-state index < -0.39 is 10.7 Å². The number of thiol groups is 1. The maximum atomic E-state index is 11.2. The van der Waals surface area contributed by atoms with Gasteiger partial charge in [0.1, 0.15) is 0 Å². The summed E-state index contributed by atoms with van der Waals surface area (Å²) in [7, 11) is -2.59. The van der Waals surface area contributed by atoms with Crippen LogP contribution in [0.4, 0.5) is 0 Å². The lowest BCUT2D eigenvalue weighted by molar-refractivity contribution is 0.614. The molecule has 0 atom stereocenters. The largest absolute Gasteiger partial charge is 0.361 e. The summed E-state index contributed by atoms with van der Waals surface area (Å²) < 4.78 is 22.4. The maximum absolute atomic E-state index is 11.2. The summed E-state index contributed by atoms with van der Waals surface area (Å²) in [6.07, 6.45) is 9.25. The Morgan fingerprint density at radius 3 is 2.71 bits per heavy atom. The summed E-state index contributed by atoms with van der Waals surface area (Å²) in [5.74, 6) is 0. The van der Waals surface area contributed by atoms with E-state index >= 15 is 0 Å². The van der Waals surface area contributed by atoms with Crippen molar-refractivity contribution in [3.8, 4) is 0 Å². The number of allylic oxidation sites excluding steroid dienone is 4. The minimum atomic E-state index is -2.59. The molecule has 1 aromatic rings. The summed E-state index contributed by atoms with van der Waals surface area (Å²) in [5.41, 5.74) is 2.52. The standard InChI is InChI=1S/C13H13NO2S/c1-10-6-7-13(17(15)16)11(9-10)12-5-3-2-4-8-14-12/h2-9,14,17H,1H3. The zero-order valence-electron chi connectivity index (χ0n) is 9.38. The number of aryl methyl sites for hydroxylation is 1. The van der Waals surface area contributed by atoms with Crippen LogP contribution in [0.5, 0.6) is 0 Å². The minimum absolute atomic E-state index is 0.341. The average molecular weight is 247 g/mol. The van der Waals surface area contributed by atoms with Crippen LogP contribution in [0.15, 0.2) is 53.6 Å². The number of rotatable bonds is 2. The fourth-order valence-electron chi connectivity index (χ4n) is 1.65. The van der Waals surface area contributed by atoms with Crippen molar-refractivity contribution in [2.75, 3.05) is 0 Å². The summed E-state index contributed by atoms with van der Waals surface area (Å²) in [6, 6.07) is 5.30. The van der Waals surface area contributed by atoms with Gasteiger partial charge in [-0.2, -0.15) is 0 Å². The van der Waals surface area contributed by atoms with E-state index in [-0.39, 0.29) is 0 Å². The molecule has 88 valence electrons. The Balaban J connectivity index is 2.57. The van der Waals surface area contributed by atoms with Gasteiger partial charge in [-0.15, -0.1) is 0 Å². The molecular formula is C13H13NO2S. The quantitative estimate of drug-likeness (QED) is 0.786.